The van der Waals surface area contributed by atoms with E-state index < -0.39 is 0 Å². The highest BCUT2D eigenvalue weighted by Crippen LogP contribution is 2.19. The Morgan fingerprint density at radius 2 is 1.44 bits per heavy atom. The Bertz CT molecular complexity index is 906. The molecule has 0 unspecified atom stereocenters. The van der Waals surface area contributed by atoms with Crippen molar-refractivity contribution >= 4 is 29.2 Å². The van der Waals surface area contributed by atoms with Crippen LogP contribution in [0.25, 0.3) is 6.08 Å². The summed E-state index contributed by atoms with van der Waals surface area (Å²) in [7, 11) is 1.61. The average molecular weight is 359 g/mol. The zero-order chi connectivity index (χ0) is 18.9. The first-order chi connectivity index (χ1) is 13.2. The molecule has 2 amide bonds. The number of carbonyl (C=O) groups excluding carboxylic acids is 1. The third-order valence-electron chi connectivity index (χ3n) is 3.82. The summed E-state index contributed by atoms with van der Waals surface area (Å²) in [4.78, 5) is 12.0. The van der Waals surface area contributed by atoms with Crippen molar-refractivity contribution in [3.63, 3.8) is 0 Å². The Hall–Kier alpha value is -3.73. The second-order valence-electron chi connectivity index (χ2n) is 5.74. The standard InChI is InChI=1S/C22H21N3O2/c1-27-21-10-6-5-7-17(21)15-16-23-22(26)25-20-13-11-19(12-14-20)24-18-8-3-2-4-9-18/h2-16,24H,1H3,(H2,23,25,26)/b16-15+. The molecule has 0 bridgehead atoms. The topological polar surface area (TPSA) is 62.4 Å². The molecule has 5 nitrogen and oxygen atoms in total. The van der Waals surface area contributed by atoms with Crippen LogP contribution in [0.3, 0.4) is 0 Å². The number of nitrogens with one attached hydrogen (secondary N) is 3. The van der Waals surface area contributed by atoms with Gasteiger partial charge >= 0.3 is 6.03 Å². The predicted octanol–water partition coefficient (Wildman–Crippen LogP) is 5.23. The molecule has 5 heteroatoms. The van der Waals surface area contributed by atoms with Crippen LogP contribution in [0, 0.1) is 0 Å². The summed E-state index contributed by atoms with van der Waals surface area (Å²) >= 11 is 0. The highest BCUT2D eigenvalue weighted by Gasteiger charge is 2.01. The van der Waals surface area contributed by atoms with Gasteiger partial charge in [0.15, 0.2) is 0 Å². The van der Waals surface area contributed by atoms with E-state index in [4.69, 9.17) is 4.74 Å². The van der Waals surface area contributed by atoms with Gasteiger partial charge in [0.2, 0.25) is 0 Å². The molecule has 27 heavy (non-hydrogen) atoms. The number of anilines is 3. The Kier molecular flexibility index (Phi) is 6.09. The first-order valence-corrected chi connectivity index (χ1v) is 8.54. The lowest BCUT2D eigenvalue weighted by atomic mass is 10.2. The third-order valence-corrected chi connectivity index (χ3v) is 3.82. The van der Waals surface area contributed by atoms with Crippen LogP contribution < -0.4 is 20.7 Å². The molecule has 3 rings (SSSR count). The fraction of sp³-hybridized carbons (Fsp3) is 0.0455. The minimum Gasteiger partial charge on any atom is -0.496 e. The Balaban J connectivity index is 1.52. The monoisotopic (exact) mass is 359 g/mol. The van der Waals surface area contributed by atoms with Crippen molar-refractivity contribution in [2.24, 2.45) is 0 Å². The molecule has 0 fully saturated rings. The summed E-state index contributed by atoms with van der Waals surface area (Å²) in [5, 5.41) is 8.77. The molecule has 3 aromatic rings. The molecule has 3 N–H and O–H groups in total. The third kappa shape index (κ3) is 5.37. The molecule has 0 aromatic heterocycles. The van der Waals surface area contributed by atoms with E-state index in [1.165, 1.54) is 0 Å². The summed E-state index contributed by atoms with van der Waals surface area (Å²) in [5.74, 6) is 0.748. The van der Waals surface area contributed by atoms with Crippen LogP contribution in [0.15, 0.2) is 85.1 Å². The molecule has 0 radical (unpaired) electrons. The van der Waals surface area contributed by atoms with Crippen molar-refractivity contribution in [3.8, 4) is 5.75 Å². The van der Waals surface area contributed by atoms with E-state index in [-0.39, 0.29) is 6.03 Å². The van der Waals surface area contributed by atoms with Crippen LogP contribution in [0.5, 0.6) is 5.75 Å². The minimum atomic E-state index is -0.315. The lowest BCUT2D eigenvalue weighted by Crippen LogP contribution is -2.23. The second kappa shape index (κ2) is 9.10. The number of hydrogen-bond acceptors (Lipinski definition) is 3. The zero-order valence-corrected chi connectivity index (χ0v) is 15.0. The summed E-state index contributed by atoms with van der Waals surface area (Å²) in [6.07, 6.45) is 3.36. The number of ether oxygens (including phenoxy) is 1. The van der Waals surface area contributed by atoms with Crippen LogP contribution in [0.2, 0.25) is 0 Å². The molecule has 0 saturated carbocycles. The lowest BCUT2D eigenvalue weighted by Gasteiger charge is -2.08. The van der Waals surface area contributed by atoms with Gasteiger partial charge in [-0.05, 0) is 48.5 Å². The Morgan fingerprint density at radius 1 is 0.815 bits per heavy atom. The maximum atomic E-state index is 12.0. The molecule has 0 saturated heterocycles. The van der Waals surface area contributed by atoms with Gasteiger partial charge in [0.25, 0.3) is 0 Å². The Morgan fingerprint density at radius 3 is 2.19 bits per heavy atom. The average Bonchev–Trinajstić information content (AvgIpc) is 2.71. The molecule has 0 heterocycles. The van der Waals surface area contributed by atoms with Crippen LogP contribution in [-0.4, -0.2) is 13.1 Å². The molecule has 0 atom stereocenters. The summed E-state index contributed by atoms with van der Waals surface area (Å²) in [5.41, 5.74) is 3.55. The van der Waals surface area contributed by atoms with E-state index in [1.807, 2.05) is 78.9 Å². The number of hydrogen-bond donors (Lipinski definition) is 3. The van der Waals surface area contributed by atoms with Gasteiger partial charge in [0.05, 0.1) is 7.11 Å². The maximum absolute atomic E-state index is 12.0. The summed E-state index contributed by atoms with van der Waals surface area (Å²) < 4.78 is 5.27. The van der Waals surface area contributed by atoms with E-state index in [0.29, 0.717) is 5.69 Å². The molecular weight excluding hydrogens is 338 g/mol. The highest BCUT2D eigenvalue weighted by atomic mass is 16.5. The van der Waals surface area contributed by atoms with Crippen LogP contribution in [0.1, 0.15) is 5.56 Å². The summed E-state index contributed by atoms with van der Waals surface area (Å²) in [6.45, 7) is 0. The molecule has 0 aliphatic heterocycles. The van der Waals surface area contributed by atoms with Gasteiger partial charge < -0.3 is 20.7 Å². The van der Waals surface area contributed by atoms with Crippen molar-refractivity contribution in [2.75, 3.05) is 17.7 Å². The molecular formula is C22H21N3O2. The van der Waals surface area contributed by atoms with Gasteiger partial charge in [-0.2, -0.15) is 0 Å². The second-order valence-corrected chi connectivity index (χ2v) is 5.74. The number of benzene rings is 3. The fourth-order valence-electron chi connectivity index (χ4n) is 2.50. The molecule has 0 aliphatic rings. The van der Waals surface area contributed by atoms with Crippen LogP contribution in [0.4, 0.5) is 21.9 Å². The largest absolute Gasteiger partial charge is 0.496 e. The van der Waals surface area contributed by atoms with Gasteiger partial charge in [-0.1, -0.05) is 36.4 Å². The van der Waals surface area contributed by atoms with Crippen molar-refractivity contribution in [2.45, 2.75) is 0 Å². The predicted molar refractivity (Wildman–Crippen MR) is 110 cm³/mol. The van der Waals surface area contributed by atoms with E-state index in [2.05, 4.69) is 16.0 Å². The van der Waals surface area contributed by atoms with E-state index >= 15 is 0 Å². The number of rotatable bonds is 6. The lowest BCUT2D eigenvalue weighted by molar-refractivity contribution is 0.255. The van der Waals surface area contributed by atoms with Crippen molar-refractivity contribution in [1.29, 1.82) is 0 Å². The molecule has 136 valence electrons. The maximum Gasteiger partial charge on any atom is 0.323 e. The smallest absolute Gasteiger partial charge is 0.323 e. The van der Waals surface area contributed by atoms with Crippen molar-refractivity contribution in [1.82, 2.24) is 5.32 Å². The first kappa shape index (κ1) is 18.1. The SMILES string of the molecule is COc1ccccc1/C=C/NC(=O)Nc1ccc(Nc2ccccc2)cc1. The normalized spacial score (nSPS) is 10.4. The first-order valence-electron chi connectivity index (χ1n) is 8.54. The van der Waals surface area contributed by atoms with Gasteiger partial charge in [-0.3, -0.25) is 0 Å². The van der Waals surface area contributed by atoms with Crippen LogP contribution >= 0.6 is 0 Å². The molecule has 0 aliphatic carbocycles. The van der Waals surface area contributed by atoms with Crippen LogP contribution in [-0.2, 0) is 0 Å². The van der Waals surface area contributed by atoms with Gasteiger partial charge in [0, 0.05) is 28.8 Å². The quantitative estimate of drug-likeness (QED) is 0.565. The van der Waals surface area contributed by atoms with Crippen molar-refractivity contribution < 1.29 is 9.53 Å². The number of urea groups is 1. The van der Waals surface area contributed by atoms with Gasteiger partial charge in [-0.25, -0.2) is 4.79 Å². The fourth-order valence-corrected chi connectivity index (χ4v) is 2.50. The number of para-hydroxylation sites is 2. The van der Waals surface area contributed by atoms with E-state index in [9.17, 15) is 4.79 Å². The number of amides is 2. The molecule has 0 spiro atoms. The van der Waals surface area contributed by atoms with Crippen molar-refractivity contribution in [3.05, 3.63) is 90.6 Å². The molecule has 3 aromatic carbocycles. The Labute approximate surface area is 158 Å². The highest BCUT2D eigenvalue weighted by molar-refractivity contribution is 5.90. The minimum absolute atomic E-state index is 0.315. The van der Waals surface area contributed by atoms with E-state index in [0.717, 1.165) is 22.7 Å². The zero-order valence-electron chi connectivity index (χ0n) is 15.0. The van der Waals surface area contributed by atoms with Gasteiger partial charge in [0.1, 0.15) is 5.75 Å². The summed E-state index contributed by atoms with van der Waals surface area (Å²) in [6, 6.07) is 24.7. The number of methoxy groups -OCH3 is 1. The number of carbonyl (C=O) groups is 1. The van der Waals surface area contributed by atoms with Gasteiger partial charge in [-0.15, -0.1) is 0 Å². The van der Waals surface area contributed by atoms with E-state index in [1.54, 1.807) is 19.4 Å².